The van der Waals surface area contributed by atoms with Crippen LogP contribution in [0.15, 0.2) is 47.4 Å². The molecule has 0 saturated heterocycles. The van der Waals surface area contributed by atoms with E-state index in [1.54, 1.807) is 6.07 Å². The van der Waals surface area contributed by atoms with Gasteiger partial charge in [0, 0.05) is 5.02 Å². The first-order valence-corrected chi connectivity index (χ1v) is 7.23. The van der Waals surface area contributed by atoms with Crippen LogP contribution in [0.4, 0.5) is 5.82 Å². The van der Waals surface area contributed by atoms with Crippen molar-refractivity contribution in [3.63, 3.8) is 0 Å². The van der Waals surface area contributed by atoms with Crippen molar-refractivity contribution in [2.75, 3.05) is 4.72 Å². The summed E-state index contributed by atoms with van der Waals surface area (Å²) in [7, 11) is -3.87. The number of nitrogens with zero attached hydrogens (tertiary/aromatic N) is 1. The van der Waals surface area contributed by atoms with Crippen molar-refractivity contribution in [3.05, 3.63) is 53.2 Å². The first-order chi connectivity index (χ1) is 9.38. The molecule has 0 unspecified atom stereocenters. The van der Waals surface area contributed by atoms with Gasteiger partial charge in [-0.15, -0.1) is 0 Å². The summed E-state index contributed by atoms with van der Waals surface area (Å²) in [5, 5.41) is 9.08. The number of carboxylic acid groups (broad SMARTS) is 1. The Morgan fingerprint density at radius 3 is 2.55 bits per heavy atom. The number of anilines is 1. The molecule has 0 spiro atoms. The van der Waals surface area contributed by atoms with Crippen LogP contribution >= 0.6 is 11.6 Å². The SMILES string of the molecule is O=C(O)c1cccc(NS(=O)(=O)c2cccc(Cl)c2)n1. The van der Waals surface area contributed by atoms with Gasteiger partial charge in [0.05, 0.1) is 4.90 Å². The van der Waals surface area contributed by atoms with Gasteiger partial charge in [-0.25, -0.2) is 18.2 Å². The summed E-state index contributed by atoms with van der Waals surface area (Å²) in [6.07, 6.45) is 0. The Kier molecular flexibility index (Phi) is 3.91. The number of aromatic nitrogens is 1. The largest absolute Gasteiger partial charge is 0.477 e. The second-order valence-corrected chi connectivity index (χ2v) is 5.89. The number of hydrogen-bond acceptors (Lipinski definition) is 4. The molecular formula is C12H9ClN2O4S. The lowest BCUT2D eigenvalue weighted by Gasteiger charge is -2.07. The number of pyridine rings is 1. The van der Waals surface area contributed by atoms with Gasteiger partial charge in [-0.1, -0.05) is 23.7 Å². The fraction of sp³-hybridized carbons (Fsp3) is 0. The van der Waals surface area contributed by atoms with E-state index >= 15 is 0 Å². The van der Waals surface area contributed by atoms with Gasteiger partial charge in [0.25, 0.3) is 10.0 Å². The van der Waals surface area contributed by atoms with Gasteiger partial charge < -0.3 is 5.11 Å². The maximum absolute atomic E-state index is 12.1. The zero-order valence-electron chi connectivity index (χ0n) is 9.95. The summed E-state index contributed by atoms with van der Waals surface area (Å²) in [5.41, 5.74) is -0.253. The first-order valence-electron chi connectivity index (χ1n) is 5.37. The summed E-state index contributed by atoms with van der Waals surface area (Å²) in [4.78, 5) is 14.4. The van der Waals surface area contributed by atoms with Crippen LogP contribution in [0.3, 0.4) is 0 Å². The van der Waals surface area contributed by atoms with Crippen LogP contribution in [-0.2, 0) is 10.0 Å². The highest BCUT2D eigenvalue weighted by atomic mass is 35.5. The van der Waals surface area contributed by atoms with Crippen molar-refractivity contribution >= 4 is 33.4 Å². The number of aromatic carboxylic acids is 1. The summed E-state index contributed by atoms with van der Waals surface area (Å²) in [5.74, 6) is -1.32. The van der Waals surface area contributed by atoms with Crippen LogP contribution < -0.4 is 4.72 Å². The van der Waals surface area contributed by atoms with E-state index in [0.29, 0.717) is 0 Å². The topological polar surface area (TPSA) is 96.4 Å². The predicted molar refractivity (Wildman–Crippen MR) is 73.5 cm³/mol. The van der Waals surface area contributed by atoms with E-state index in [2.05, 4.69) is 9.71 Å². The van der Waals surface area contributed by atoms with Crippen LogP contribution in [0.2, 0.25) is 5.02 Å². The lowest BCUT2D eigenvalue weighted by Crippen LogP contribution is -2.15. The third kappa shape index (κ3) is 3.25. The molecule has 20 heavy (non-hydrogen) atoms. The van der Waals surface area contributed by atoms with Crippen molar-refractivity contribution in [2.45, 2.75) is 4.90 Å². The van der Waals surface area contributed by atoms with Crippen LogP contribution in [0.5, 0.6) is 0 Å². The van der Waals surface area contributed by atoms with Crippen molar-refractivity contribution in [1.82, 2.24) is 4.98 Å². The number of carboxylic acids is 1. The van der Waals surface area contributed by atoms with Crippen LogP contribution in [0, 0.1) is 0 Å². The van der Waals surface area contributed by atoms with Crippen LogP contribution in [0.1, 0.15) is 10.5 Å². The van der Waals surface area contributed by atoms with Gasteiger partial charge >= 0.3 is 5.97 Å². The minimum Gasteiger partial charge on any atom is -0.477 e. The Bertz CT molecular complexity index is 762. The average molecular weight is 313 g/mol. The second kappa shape index (κ2) is 5.48. The molecule has 1 aromatic heterocycles. The molecule has 1 heterocycles. The van der Waals surface area contributed by atoms with E-state index < -0.39 is 16.0 Å². The van der Waals surface area contributed by atoms with E-state index in [-0.39, 0.29) is 21.4 Å². The summed E-state index contributed by atoms with van der Waals surface area (Å²) in [6, 6.07) is 9.71. The third-order valence-corrected chi connectivity index (χ3v) is 3.90. The maximum atomic E-state index is 12.1. The maximum Gasteiger partial charge on any atom is 0.354 e. The van der Waals surface area contributed by atoms with E-state index in [9.17, 15) is 13.2 Å². The van der Waals surface area contributed by atoms with E-state index in [0.717, 1.165) is 0 Å². The first kappa shape index (κ1) is 14.3. The number of hydrogen-bond donors (Lipinski definition) is 2. The smallest absolute Gasteiger partial charge is 0.354 e. The standard InChI is InChI=1S/C12H9ClN2O4S/c13-8-3-1-4-9(7-8)20(18,19)15-11-6-2-5-10(14-11)12(16)17/h1-7H,(H,14,15)(H,16,17). The molecule has 0 aliphatic carbocycles. The number of carbonyl (C=O) groups is 1. The average Bonchev–Trinajstić information content (AvgIpc) is 2.38. The zero-order valence-corrected chi connectivity index (χ0v) is 11.5. The molecule has 2 N–H and O–H groups in total. The lowest BCUT2D eigenvalue weighted by atomic mass is 10.3. The number of halogens is 1. The molecule has 2 aromatic rings. The fourth-order valence-corrected chi connectivity index (χ4v) is 2.74. The van der Waals surface area contributed by atoms with Gasteiger partial charge in [-0.2, -0.15) is 0 Å². The number of benzene rings is 1. The highest BCUT2D eigenvalue weighted by molar-refractivity contribution is 7.92. The Morgan fingerprint density at radius 2 is 1.90 bits per heavy atom. The Balaban J connectivity index is 2.33. The second-order valence-electron chi connectivity index (χ2n) is 3.78. The van der Waals surface area contributed by atoms with Gasteiger partial charge in [0.2, 0.25) is 0 Å². The molecule has 0 saturated carbocycles. The van der Waals surface area contributed by atoms with E-state index in [1.807, 2.05) is 0 Å². The predicted octanol–water partition coefficient (Wildman–Crippen LogP) is 2.23. The van der Waals surface area contributed by atoms with Crippen LogP contribution in [-0.4, -0.2) is 24.5 Å². The molecule has 0 aliphatic rings. The molecule has 0 radical (unpaired) electrons. The van der Waals surface area contributed by atoms with Crippen molar-refractivity contribution in [3.8, 4) is 0 Å². The molecule has 0 amide bonds. The van der Waals surface area contributed by atoms with Gasteiger partial charge in [-0.05, 0) is 30.3 Å². The summed E-state index contributed by atoms with van der Waals surface area (Å²) < 4.78 is 26.4. The molecule has 0 aliphatic heterocycles. The molecule has 8 heteroatoms. The Hall–Kier alpha value is -2.12. The molecule has 104 valence electrons. The lowest BCUT2D eigenvalue weighted by molar-refractivity contribution is 0.0690. The highest BCUT2D eigenvalue weighted by Crippen LogP contribution is 2.18. The van der Waals surface area contributed by atoms with Crippen molar-refractivity contribution in [2.24, 2.45) is 0 Å². The van der Waals surface area contributed by atoms with E-state index in [1.165, 1.54) is 36.4 Å². The molecule has 0 bridgehead atoms. The number of nitrogens with one attached hydrogen (secondary N) is 1. The van der Waals surface area contributed by atoms with Gasteiger partial charge in [0.1, 0.15) is 5.82 Å². The number of rotatable bonds is 4. The quantitative estimate of drug-likeness (QED) is 0.902. The van der Waals surface area contributed by atoms with Gasteiger partial charge in [-0.3, -0.25) is 4.72 Å². The molecule has 2 rings (SSSR count). The third-order valence-electron chi connectivity index (χ3n) is 2.31. The van der Waals surface area contributed by atoms with E-state index in [4.69, 9.17) is 16.7 Å². The van der Waals surface area contributed by atoms with Gasteiger partial charge in [0.15, 0.2) is 5.69 Å². The normalized spacial score (nSPS) is 11.1. The van der Waals surface area contributed by atoms with Crippen molar-refractivity contribution < 1.29 is 18.3 Å². The van der Waals surface area contributed by atoms with Crippen molar-refractivity contribution in [1.29, 1.82) is 0 Å². The highest BCUT2D eigenvalue weighted by Gasteiger charge is 2.16. The Labute approximate surface area is 120 Å². The summed E-state index contributed by atoms with van der Waals surface area (Å²) >= 11 is 5.74. The Morgan fingerprint density at radius 1 is 1.20 bits per heavy atom. The minimum absolute atomic E-state index is 0.0347. The minimum atomic E-state index is -3.87. The monoisotopic (exact) mass is 312 g/mol. The molecule has 0 atom stereocenters. The molecule has 6 nitrogen and oxygen atoms in total. The summed E-state index contributed by atoms with van der Waals surface area (Å²) in [6.45, 7) is 0. The molecular weight excluding hydrogens is 304 g/mol. The number of sulfonamides is 1. The zero-order chi connectivity index (χ0) is 14.8. The fourth-order valence-electron chi connectivity index (χ4n) is 1.44. The van der Waals surface area contributed by atoms with Crippen LogP contribution in [0.25, 0.3) is 0 Å². The molecule has 1 aromatic carbocycles. The molecule has 0 fully saturated rings.